The number of carbonyl (C=O) groups is 1. The number of benzene rings is 1. The van der Waals surface area contributed by atoms with E-state index in [4.69, 9.17) is 0 Å². The average molecular weight is 377 g/mol. The summed E-state index contributed by atoms with van der Waals surface area (Å²) in [7, 11) is -3.27. The smallest absolute Gasteiger partial charge is 0.262 e. The van der Waals surface area contributed by atoms with Crippen LogP contribution in [0.25, 0.3) is 10.2 Å². The number of aromatic nitrogens is 2. The number of hydrogen-bond acceptors (Lipinski definition) is 6. The van der Waals surface area contributed by atoms with E-state index in [1.54, 1.807) is 11.4 Å². The van der Waals surface area contributed by atoms with Gasteiger partial charge >= 0.3 is 0 Å². The molecule has 1 aromatic carbocycles. The second kappa shape index (κ2) is 6.77. The number of thiophene rings is 1. The van der Waals surface area contributed by atoms with Crippen molar-refractivity contribution in [1.82, 2.24) is 9.55 Å². The summed E-state index contributed by atoms with van der Waals surface area (Å²) in [6.45, 7) is 0.213. The van der Waals surface area contributed by atoms with Gasteiger partial charge in [0, 0.05) is 24.9 Å². The third-order valence-electron chi connectivity index (χ3n) is 3.60. The second-order valence-electron chi connectivity index (χ2n) is 5.48. The molecule has 7 nitrogen and oxygen atoms in total. The Morgan fingerprint density at radius 3 is 2.64 bits per heavy atom. The maximum Gasteiger partial charge on any atom is 0.262 e. The molecule has 0 aliphatic rings. The fourth-order valence-corrected chi connectivity index (χ4v) is 3.64. The van der Waals surface area contributed by atoms with E-state index >= 15 is 0 Å². The Hall–Kier alpha value is -2.52. The van der Waals surface area contributed by atoms with Crippen LogP contribution in [0.4, 0.5) is 5.69 Å². The van der Waals surface area contributed by atoms with E-state index in [2.05, 4.69) is 10.3 Å². The van der Waals surface area contributed by atoms with E-state index in [0.29, 0.717) is 15.9 Å². The molecule has 0 aliphatic carbocycles. The molecule has 0 atom stereocenters. The summed E-state index contributed by atoms with van der Waals surface area (Å²) in [6.07, 6.45) is 2.66. The van der Waals surface area contributed by atoms with Crippen LogP contribution in [0.3, 0.4) is 0 Å². The van der Waals surface area contributed by atoms with Gasteiger partial charge in [0.15, 0.2) is 9.84 Å². The van der Waals surface area contributed by atoms with E-state index in [0.717, 1.165) is 6.26 Å². The Morgan fingerprint density at radius 1 is 1.24 bits per heavy atom. The van der Waals surface area contributed by atoms with Gasteiger partial charge in [-0.05, 0) is 35.7 Å². The summed E-state index contributed by atoms with van der Waals surface area (Å²) in [5.41, 5.74) is 0.327. The first-order valence-corrected chi connectivity index (χ1v) is 10.1. The molecular formula is C16H15N3O4S2. The van der Waals surface area contributed by atoms with Crippen LogP contribution in [0.1, 0.15) is 6.42 Å². The largest absolute Gasteiger partial charge is 0.326 e. The molecule has 0 aliphatic heterocycles. The third-order valence-corrected chi connectivity index (χ3v) is 5.55. The molecule has 3 aromatic rings. The lowest BCUT2D eigenvalue weighted by Gasteiger charge is -2.07. The minimum absolute atomic E-state index is 0.102. The first-order valence-electron chi connectivity index (χ1n) is 7.37. The normalized spacial score (nSPS) is 11.6. The van der Waals surface area contributed by atoms with Crippen molar-refractivity contribution in [3.05, 3.63) is 52.4 Å². The highest BCUT2D eigenvalue weighted by atomic mass is 32.2. The number of fused-ring (bicyclic) bond motifs is 1. The zero-order valence-corrected chi connectivity index (χ0v) is 14.9. The molecule has 2 heterocycles. The van der Waals surface area contributed by atoms with E-state index in [9.17, 15) is 18.0 Å². The monoisotopic (exact) mass is 377 g/mol. The SMILES string of the molecule is CS(=O)(=O)c1ccc(NC(=O)CCn2cnc3sccc3c2=O)cc1. The second-order valence-corrected chi connectivity index (χ2v) is 8.39. The molecule has 0 saturated heterocycles. The topological polar surface area (TPSA) is 98.1 Å². The zero-order chi connectivity index (χ0) is 18.0. The lowest BCUT2D eigenvalue weighted by atomic mass is 10.3. The molecule has 0 radical (unpaired) electrons. The van der Waals surface area contributed by atoms with E-state index in [1.165, 1.54) is 46.5 Å². The van der Waals surface area contributed by atoms with Gasteiger partial charge < -0.3 is 5.32 Å². The fraction of sp³-hybridized carbons (Fsp3) is 0.188. The number of amides is 1. The molecule has 3 rings (SSSR count). The summed E-state index contributed by atoms with van der Waals surface area (Å²) in [6, 6.07) is 7.64. The quantitative estimate of drug-likeness (QED) is 0.732. The van der Waals surface area contributed by atoms with Gasteiger partial charge in [0.05, 0.1) is 16.6 Å². The molecule has 1 N–H and O–H groups in total. The minimum Gasteiger partial charge on any atom is -0.326 e. The van der Waals surface area contributed by atoms with Crippen LogP contribution in [0.15, 0.2) is 51.7 Å². The molecule has 0 bridgehead atoms. The van der Waals surface area contributed by atoms with Crippen LogP contribution in [0.2, 0.25) is 0 Å². The van der Waals surface area contributed by atoms with Gasteiger partial charge in [0.2, 0.25) is 5.91 Å². The Bertz CT molecular complexity index is 1080. The molecular weight excluding hydrogens is 362 g/mol. The van der Waals surface area contributed by atoms with E-state index < -0.39 is 9.84 Å². The number of carbonyl (C=O) groups excluding carboxylic acids is 1. The predicted molar refractivity (Wildman–Crippen MR) is 96.7 cm³/mol. The predicted octanol–water partition coefficient (Wildman–Crippen LogP) is 1.89. The summed E-state index contributed by atoms with van der Waals surface area (Å²) >= 11 is 1.39. The number of aryl methyl sites for hydroxylation is 1. The molecule has 0 spiro atoms. The van der Waals surface area contributed by atoms with Crippen LogP contribution in [0.5, 0.6) is 0 Å². The maximum absolute atomic E-state index is 12.2. The van der Waals surface area contributed by atoms with Crippen LogP contribution >= 0.6 is 11.3 Å². The average Bonchev–Trinajstić information content (AvgIpc) is 3.03. The van der Waals surface area contributed by atoms with Gasteiger partial charge in [0.1, 0.15) is 4.83 Å². The molecule has 9 heteroatoms. The van der Waals surface area contributed by atoms with E-state index in [1.807, 2.05) is 0 Å². The highest BCUT2D eigenvalue weighted by Gasteiger charge is 2.09. The first kappa shape index (κ1) is 17.3. The molecule has 0 unspecified atom stereocenters. The number of rotatable bonds is 5. The lowest BCUT2D eigenvalue weighted by Crippen LogP contribution is -2.23. The van der Waals surface area contributed by atoms with Gasteiger partial charge in [-0.1, -0.05) is 0 Å². The van der Waals surface area contributed by atoms with Gasteiger partial charge in [0.25, 0.3) is 5.56 Å². The molecule has 0 saturated carbocycles. The van der Waals surface area contributed by atoms with Crippen molar-refractivity contribution in [2.24, 2.45) is 0 Å². The van der Waals surface area contributed by atoms with Crippen molar-refractivity contribution in [2.75, 3.05) is 11.6 Å². The Labute approximate surface area is 147 Å². The number of nitrogens with zero attached hydrogens (tertiary/aromatic N) is 2. The Kier molecular flexibility index (Phi) is 4.69. The summed E-state index contributed by atoms with van der Waals surface area (Å²) < 4.78 is 24.2. The summed E-state index contributed by atoms with van der Waals surface area (Å²) in [5.74, 6) is -0.274. The maximum atomic E-state index is 12.2. The fourth-order valence-electron chi connectivity index (χ4n) is 2.28. The lowest BCUT2D eigenvalue weighted by molar-refractivity contribution is -0.116. The van der Waals surface area contributed by atoms with E-state index in [-0.39, 0.29) is 29.3 Å². The number of anilines is 1. The van der Waals surface area contributed by atoms with Crippen LogP contribution in [-0.4, -0.2) is 30.1 Å². The van der Waals surface area contributed by atoms with Gasteiger partial charge in [-0.15, -0.1) is 11.3 Å². The van der Waals surface area contributed by atoms with Crippen molar-refractivity contribution in [3.8, 4) is 0 Å². The highest BCUT2D eigenvalue weighted by molar-refractivity contribution is 7.90. The van der Waals surface area contributed by atoms with Crippen molar-refractivity contribution in [2.45, 2.75) is 17.9 Å². The standard InChI is InChI=1S/C16H15N3O4S2/c1-25(22,23)12-4-2-11(3-5-12)18-14(20)6-8-19-10-17-15-13(16(19)21)7-9-24-15/h2-5,7,9-10H,6,8H2,1H3,(H,18,20). The van der Waals surface area contributed by atoms with Crippen molar-refractivity contribution < 1.29 is 13.2 Å². The third kappa shape index (κ3) is 3.94. The first-order chi connectivity index (χ1) is 11.8. The van der Waals surface area contributed by atoms with Gasteiger partial charge in [-0.3, -0.25) is 14.2 Å². The molecule has 0 fully saturated rings. The zero-order valence-electron chi connectivity index (χ0n) is 13.3. The van der Waals surface area contributed by atoms with Crippen molar-refractivity contribution in [1.29, 1.82) is 0 Å². The minimum atomic E-state index is -3.27. The number of nitrogens with one attached hydrogen (secondary N) is 1. The molecule has 1 amide bonds. The van der Waals surface area contributed by atoms with Crippen molar-refractivity contribution in [3.63, 3.8) is 0 Å². The molecule has 2 aromatic heterocycles. The molecule has 130 valence electrons. The Morgan fingerprint density at radius 2 is 1.96 bits per heavy atom. The van der Waals surface area contributed by atoms with Crippen LogP contribution in [-0.2, 0) is 21.2 Å². The van der Waals surface area contributed by atoms with Gasteiger partial charge in [-0.25, -0.2) is 13.4 Å². The van der Waals surface area contributed by atoms with Crippen LogP contribution < -0.4 is 10.9 Å². The highest BCUT2D eigenvalue weighted by Crippen LogP contribution is 2.15. The number of sulfone groups is 1. The van der Waals surface area contributed by atoms with Gasteiger partial charge in [-0.2, -0.15) is 0 Å². The summed E-state index contributed by atoms with van der Waals surface area (Å²) in [4.78, 5) is 29.3. The summed E-state index contributed by atoms with van der Waals surface area (Å²) in [5, 5.41) is 5.02. The van der Waals surface area contributed by atoms with Crippen LogP contribution in [0, 0.1) is 0 Å². The molecule has 25 heavy (non-hydrogen) atoms. The Balaban J connectivity index is 1.64. The van der Waals surface area contributed by atoms with Crippen molar-refractivity contribution >= 4 is 43.0 Å². The number of hydrogen-bond donors (Lipinski definition) is 1.